The van der Waals surface area contributed by atoms with E-state index in [1.807, 2.05) is 36.1 Å². The Morgan fingerprint density at radius 2 is 1.90 bits per heavy atom. The zero-order valence-electron chi connectivity index (χ0n) is 16.8. The summed E-state index contributed by atoms with van der Waals surface area (Å²) in [7, 11) is 0. The molecule has 1 aromatic carbocycles. The quantitative estimate of drug-likeness (QED) is 0.318. The number of carbonyl (C=O) groups excluding carboxylic acids is 2. The van der Waals surface area contributed by atoms with E-state index in [1.54, 1.807) is 24.3 Å². The molecular weight excluding hydrogens is 364 g/mol. The number of hydroxylamine groups is 1. The summed E-state index contributed by atoms with van der Waals surface area (Å²) in [5.74, 6) is -0.182. The second-order valence-electron chi connectivity index (χ2n) is 7.02. The number of hydrogen-bond acceptors (Lipinski definition) is 3. The van der Waals surface area contributed by atoms with Crippen molar-refractivity contribution in [2.24, 2.45) is 0 Å². The van der Waals surface area contributed by atoms with Crippen molar-refractivity contribution in [2.45, 2.75) is 25.7 Å². The molecule has 152 valence electrons. The number of amides is 2. The van der Waals surface area contributed by atoms with Crippen LogP contribution in [0.25, 0.3) is 0 Å². The number of hydrogen-bond donors (Lipinski definition) is 2. The first kappa shape index (κ1) is 22.1. The van der Waals surface area contributed by atoms with E-state index in [4.69, 9.17) is 5.21 Å². The van der Waals surface area contributed by atoms with Crippen LogP contribution < -0.4 is 5.48 Å². The number of likely N-dealkylation sites (tertiary alicyclic amines) is 1. The normalized spacial score (nSPS) is 17.9. The molecule has 1 aliphatic rings. The summed E-state index contributed by atoms with van der Waals surface area (Å²) in [6, 6.07) is 10.4. The van der Waals surface area contributed by atoms with E-state index in [1.165, 1.54) is 23.2 Å². The van der Waals surface area contributed by atoms with Gasteiger partial charge in [-0.1, -0.05) is 72.9 Å². The van der Waals surface area contributed by atoms with Gasteiger partial charge in [0, 0.05) is 31.2 Å². The van der Waals surface area contributed by atoms with Crippen LogP contribution in [-0.2, 0) is 9.59 Å². The molecule has 1 atom stereocenters. The van der Waals surface area contributed by atoms with Crippen LogP contribution in [0.4, 0.5) is 0 Å². The third-order valence-corrected chi connectivity index (χ3v) is 4.72. The van der Waals surface area contributed by atoms with Gasteiger partial charge in [-0.3, -0.25) is 14.8 Å². The maximum absolute atomic E-state index is 12.6. The molecule has 0 aliphatic carbocycles. The smallest absolute Gasteiger partial charge is 0.267 e. The largest absolute Gasteiger partial charge is 0.339 e. The molecule has 2 amide bonds. The summed E-state index contributed by atoms with van der Waals surface area (Å²) >= 11 is 0. The minimum absolute atomic E-state index is 0.0321. The Kier molecular flexibility index (Phi) is 8.86. The lowest BCUT2D eigenvalue weighted by Crippen LogP contribution is -2.38. The molecule has 5 nitrogen and oxygen atoms in total. The topological polar surface area (TPSA) is 69.6 Å². The minimum Gasteiger partial charge on any atom is -0.339 e. The Morgan fingerprint density at radius 1 is 1.14 bits per heavy atom. The van der Waals surface area contributed by atoms with Crippen LogP contribution in [0.1, 0.15) is 31.2 Å². The summed E-state index contributed by atoms with van der Waals surface area (Å²) in [6.45, 7) is 7.24. The number of allylic oxidation sites excluding steroid dienone is 7. The molecule has 0 radical (unpaired) electrons. The van der Waals surface area contributed by atoms with Gasteiger partial charge in [0.2, 0.25) is 5.91 Å². The number of carbonyl (C=O) groups is 2. The third-order valence-electron chi connectivity index (χ3n) is 4.72. The number of nitrogens with one attached hydrogen (secondary N) is 1. The Labute approximate surface area is 172 Å². The standard InChI is InChI=1S/C24H28N2O3/c1-19(13-15-23(27)25-29)8-6-9-20(2)14-16-24(28)26-17-7-12-22(18-26)21-10-4-3-5-11-21/h3-6,8-11,13-16,22,29H,1,7,12,17-18H2,2H3,(H,25,27)/b8-6-,15-13+,16-14+,20-9+/t22-/m1/s1. The molecule has 1 aromatic rings. The molecular formula is C24H28N2O3. The van der Waals surface area contributed by atoms with E-state index in [9.17, 15) is 9.59 Å². The van der Waals surface area contributed by atoms with Crippen LogP contribution in [-0.4, -0.2) is 35.0 Å². The van der Waals surface area contributed by atoms with Crippen LogP contribution >= 0.6 is 0 Å². The molecule has 0 spiro atoms. The molecule has 29 heavy (non-hydrogen) atoms. The highest BCUT2D eigenvalue weighted by atomic mass is 16.5. The van der Waals surface area contributed by atoms with E-state index >= 15 is 0 Å². The van der Waals surface area contributed by atoms with Gasteiger partial charge < -0.3 is 4.90 Å². The van der Waals surface area contributed by atoms with Gasteiger partial charge in [0.25, 0.3) is 5.91 Å². The first-order valence-corrected chi connectivity index (χ1v) is 9.67. The predicted molar refractivity (Wildman–Crippen MR) is 115 cm³/mol. The minimum atomic E-state index is -0.611. The van der Waals surface area contributed by atoms with Gasteiger partial charge in [-0.15, -0.1) is 0 Å². The molecule has 1 aliphatic heterocycles. The highest BCUT2D eigenvalue weighted by Crippen LogP contribution is 2.26. The van der Waals surface area contributed by atoms with Crippen LogP contribution in [0, 0.1) is 0 Å². The van der Waals surface area contributed by atoms with Crippen LogP contribution in [0.3, 0.4) is 0 Å². The van der Waals surface area contributed by atoms with Crippen molar-refractivity contribution in [3.8, 4) is 0 Å². The average molecular weight is 392 g/mol. The Morgan fingerprint density at radius 3 is 2.62 bits per heavy atom. The number of piperidine rings is 1. The summed E-state index contributed by atoms with van der Waals surface area (Å²) in [6.07, 6.45) is 13.6. The molecule has 0 bridgehead atoms. The van der Waals surface area contributed by atoms with Crippen molar-refractivity contribution in [1.29, 1.82) is 0 Å². The SMILES string of the molecule is C=C(\C=C/C=C(C)/C=C/C(=O)N1CCC[C@@H](c2ccccc2)C1)/C=C/C(=O)NO. The van der Waals surface area contributed by atoms with Gasteiger partial charge in [-0.25, -0.2) is 5.48 Å². The highest BCUT2D eigenvalue weighted by Gasteiger charge is 2.23. The van der Waals surface area contributed by atoms with Gasteiger partial charge in [-0.05, 0) is 30.9 Å². The zero-order valence-corrected chi connectivity index (χ0v) is 16.8. The van der Waals surface area contributed by atoms with Crippen molar-refractivity contribution in [1.82, 2.24) is 10.4 Å². The predicted octanol–water partition coefficient (Wildman–Crippen LogP) is 4.07. The first-order valence-electron chi connectivity index (χ1n) is 9.67. The summed E-state index contributed by atoms with van der Waals surface area (Å²) in [5, 5.41) is 8.42. The molecule has 1 fully saturated rings. The fourth-order valence-electron chi connectivity index (χ4n) is 3.14. The molecule has 1 heterocycles. The van der Waals surface area contributed by atoms with Crippen molar-refractivity contribution < 1.29 is 14.8 Å². The van der Waals surface area contributed by atoms with E-state index in [0.29, 0.717) is 11.5 Å². The first-order chi connectivity index (χ1) is 14.0. The van der Waals surface area contributed by atoms with Crippen LogP contribution in [0.15, 0.2) is 90.6 Å². The fraction of sp³-hybridized carbons (Fsp3) is 0.250. The van der Waals surface area contributed by atoms with Gasteiger partial charge in [0.15, 0.2) is 0 Å². The second-order valence-corrected chi connectivity index (χ2v) is 7.02. The number of nitrogens with zero attached hydrogens (tertiary/aromatic N) is 1. The number of benzene rings is 1. The molecule has 0 unspecified atom stereocenters. The molecule has 0 saturated carbocycles. The Balaban J connectivity index is 1.87. The molecule has 1 saturated heterocycles. The lowest BCUT2D eigenvalue weighted by Gasteiger charge is -2.32. The van der Waals surface area contributed by atoms with E-state index in [0.717, 1.165) is 31.5 Å². The van der Waals surface area contributed by atoms with Crippen LogP contribution in [0.5, 0.6) is 0 Å². The lowest BCUT2D eigenvalue weighted by atomic mass is 9.90. The zero-order chi connectivity index (χ0) is 21.1. The lowest BCUT2D eigenvalue weighted by molar-refractivity contribution is -0.127. The molecule has 2 rings (SSSR count). The summed E-state index contributed by atoms with van der Waals surface area (Å²) in [4.78, 5) is 25.4. The van der Waals surface area contributed by atoms with E-state index in [-0.39, 0.29) is 5.91 Å². The average Bonchev–Trinajstić information content (AvgIpc) is 2.76. The second kappa shape index (κ2) is 11.6. The number of rotatable bonds is 7. The van der Waals surface area contributed by atoms with Crippen molar-refractivity contribution in [2.75, 3.05) is 13.1 Å². The molecule has 5 heteroatoms. The highest BCUT2D eigenvalue weighted by molar-refractivity contribution is 5.88. The Hall–Kier alpha value is -3.18. The van der Waals surface area contributed by atoms with Crippen molar-refractivity contribution >= 4 is 11.8 Å². The summed E-state index contributed by atoms with van der Waals surface area (Å²) in [5.41, 5.74) is 4.34. The monoisotopic (exact) mass is 392 g/mol. The van der Waals surface area contributed by atoms with E-state index < -0.39 is 5.91 Å². The van der Waals surface area contributed by atoms with Gasteiger partial charge in [0.05, 0.1) is 0 Å². The fourth-order valence-corrected chi connectivity index (χ4v) is 3.14. The van der Waals surface area contributed by atoms with Crippen LogP contribution in [0.2, 0.25) is 0 Å². The molecule has 2 N–H and O–H groups in total. The van der Waals surface area contributed by atoms with E-state index in [2.05, 4.69) is 18.7 Å². The third kappa shape index (κ3) is 7.76. The van der Waals surface area contributed by atoms with Gasteiger partial charge >= 0.3 is 0 Å². The molecule has 0 aromatic heterocycles. The van der Waals surface area contributed by atoms with Crippen molar-refractivity contribution in [3.05, 3.63) is 96.2 Å². The summed E-state index contributed by atoms with van der Waals surface area (Å²) < 4.78 is 0. The van der Waals surface area contributed by atoms with Gasteiger partial charge in [0.1, 0.15) is 0 Å². The van der Waals surface area contributed by atoms with Gasteiger partial charge in [-0.2, -0.15) is 0 Å². The maximum atomic E-state index is 12.6. The maximum Gasteiger partial charge on any atom is 0.267 e. The Bertz CT molecular complexity index is 835. The van der Waals surface area contributed by atoms with Crippen molar-refractivity contribution in [3.63, 3.8) is 0 Å².